The molecule has 2 rings (SSSR count). The maximum atomic E-state index is 13.9. The molecule has 0 radical (unpaired) electrons. The molecule has 0 N–H and O–H groups in total. The van der Waals surface area contributed by atoms with Crippen LogP contribution in [0.15, 0.2) is 18.2 Å². The number of sulfone groups is 1. The van der Waals surface area contributed by atoms with Crippen molar-refractivity contribution >= 4 is 15.7 Å². The van der Waals surface area contributed by atoms with Gasteiger partial charge in [-0.1, -0.05) is 6.07 Å². The summed E-state index contributed by atoms with van der Waals surface area (Å²) >= 11 is 0. The molecule has 1 aromatic carbocycles. The van der Waals surface area contributed by atoms with E-state index in [-0.39, 0.29) is 30.7 Å². The first-order valence-corrected chi connectivity index (χ1v) is 9.23. The first-order valence-electron chi connectivity index (χ1n) is 7.17. The molecule has 0 saturated carbocycles. The van der Waals surface area contributed by atoms with Crippen molar-refractivity contribution in [1.82, 2.24) is 4.90 Å². The van der Waals surface area contributed by atoms with Crippen molar-refractivity contribution in [3.63, 3.8) is 0 Å². The summed E-state index contributed by atoms with van der Waals surface area (Å²) in [5, 5.41) is 0. The average molecular weight is 331 g/mol. The highest BCUT2D eigenvalue weighted by Crippen LogP contribution is 2.29. The van der Waals surface area contributed by atoms with Gasteiger partial charge in [-0.15, -0.1) is 0 Å². The number of amides is 1. The van der Waals surface area contributed by atoms with E-state index in [1.165, 1.54) is 17.0 Å². The first-order chi connectivity index (χ1) is 10.3. The number of carbonyl (C=O) groups is 1. The minimum Gasteiger partial charge on any atom is -0.341 e. The molecule has 0 aromatic heterocycles. The van der Waals surface area contributed by atoms with Gasteiger partial charge in [0.2, 0.25) is 5.91 Å². The second-order valence-corrected chi connectivity index (χ2v) is 7.98. The lowest BCUT2D eigenvalue weighted by atomic mass is 9.94. The third-order valence-electron chi connectivity index (χ3n) is 3.87. The number of carbonyl (C=O) groups excluding carboxylic acids is 1. The second kappa shape index (κ2) is 6.73. The fourth-order valence-corrected chi connectivity index (χ4v) is 3.25. The molecule has 0 spiro atoms. The smallest absolute Gasteiger partial charge is 0.222 e. The summed E-state index contributed by atoms with van der Waals surface area (Å²) in [4.78, 5) is 13.5. The Balaban J connectivity index is 2.17. The highest BCUT2D eigenvalue weighted by molar-refractivity contribution is 7.90. The van der Waals surface area contributed by atoms with E-state index in [9.17, 15) is 22.0 Å². The van der Waals surface area contributed by atoms with Crippen LogP contribution >= 0.6 is 0 Å². The largest absolute Gasteiger partial charge is 0.341 e. The van der Waals surface area contributed by atoms with Crippen LogP contribution in [0.2, 0.25) is 0 Å². The van der Waals surface area contributed by atoms with Crippen LogP contribution in [0.25, 0.3) is 0 Å². The molecule has 0 bridgehead atoms. The normalized spacial score (nSPS) is 20.0. The summed E-state index contributed by atoms with van der Waals surface area (Å²) in [6, 6.07) is 3.44. The molecule has 1 atom stereocenters. The van der Waals surface area contributed by atoms with E-state index < -0.39 is 21.5 Å². The predicted molar refractivity (Wildman–Crippen MR) is 79.2 cm³/mol. The van der Waals surface area contributed by atoms with Gasteiger partial charge in [-0.25, -0.2) is 17.2 Å². The Morgan fingerprint density at radius 1 is 1.32 bits per heavy atom. The number of nitrogens with zero attached hydrogens (tertiary/aromatic N) is 1. The maximum Gasteiger partial charge on any atom is 0.222 e. The lowest BCUT2D eigenvalue weighted by Crippen LogP contribution is -2.36. The Morgan fingerprint density at radius 3 is 2.68 bits per heavy atom. The molecule has 1 aliphatic rings. The monoisotopic (exact) mass is 331 g/mol. The van der Waals surface area contributed by atoms with Crippen LogP contribution in [0.1, 0.15) is 30.7 Å². The number of rotatable bonds is 4. The van der Waals surface area contributed by atoms with Gasteiger partial charge in [-0.3, -0.25) is 4.79 Å². The Morgan fingerprint density at radius 2 is 2.05 bits per heavy atom. The lowest BCUT2D eigenvalue weighted by molar-refractivity contribution is -0.130. The van der Waals surface area contributed by atoms with Crippen molar-refractivity contribution in [2.24, 2.45) is 0 Å². The third-order valence-corrected chi connectivity index (χ3v) is 4.80. The molecular weight excluding hydrogens is 312 g/mol. The summed E-state index contributed by atoms with van der Waals surface area (Å²) < 4.78 is 49.5. The van der Waals surface area contributed by atoms with E-state index >= 15 is 0 Å². The van der Waals surface area contributed by atoms with Crippen molar-refractivity contribution in [3.8, 4) is 0 Å². The highest BCUT2D eigenvalue weighted by Gasteiger charge is 2.26. The fraction of sp³-hybridized carbons (Fsp3) is 0.533. The number of halogens is 2. The first kappa shape index (κ1) is 16.9. The SMILES string of the molecule is CS(=O)(=O)CCN1CC(c2ccc(F)cc2F)CCCC1=O. The van der Waals surface area contributed by atoms with E-state index in [0.717, 1.165) is 12.3 Å². The maximum absolute atomic E-state index is 13.9. The Labute approximate surface area is 129 Å². The Hall–Kier alpha value is -1.50. The molecule has 1 saturated heterocycles. The summed E-state index contributed by atoms with van der Waals surface area (Å²) in [6.45, 7) is 0.369. The third kappa shape index (κ3) is 4.50. The van der Waals surface area contributed by atoms with Crippen LogP contribution in [0.5, 0.6) is 0 Å². The van der Waals surface area contributed by atoms with Crippen LogP contribution in [0.3, 0.4) is 0 Å². The van der Waals surface area contributed by atoms with E-state index in [4.69, 9.17) is 0 Å². The molecule has 0 aliphatic carbocycles. The minimum atomic E-state index is -3.17. The van der Waals surface area contributed by atoms with Crippen molar-refractivity contribution in [1.29, 1.82) is 0 Å². The molecule has 1 aliphatic heterocycles. The summed E-state index contributed by atoms with van der Waals surface area (Å²) in [5.74, 6) is -1.74. The molecule has 4 nitrogen and oxygen atoms in total. The fourth-order valence-electron chi connectivity index (χ4n) is 2.70. The summed E-state index contributed by atoms with van der Waals surface area (Å²) in [5.41, 5.74) is 0.375. The quantitative estimate of drug-likeness (QED) is 0.849. The van der Waals surface area contributed by atoms with Crippen molar-refractivity contribution in [2.75, 3.05) is 25.1 Å². The van der Waals surface area contributed by atoms with E-state index in [1.807, 2.05) is 0 Å². The summed E-state index contributed by atoms with van der Waals surface area (Å²) in [7, 11) is -3.17. The van der Waals surface area contributed by atoms with Gasteiger partial charge >= 0.3 is 0 Å². The van der Waals surface area contributed by atoms with Crippen LogP contribution < -0.4 is 0 Å². The Bertz CT molecular complexity index is 661. The standard InChI is InChI=1S/C15H19F2NO3S/c1-22(20,21)8-7-18-10-11(3-2-4-15(18)19)13-6-5-12(16)9-14(13)17/h5-6,9,11H,2-4,7-8,10H2,1H3. The van der Waals surface area contributed by atoms with Crippen molar-refractivity contribution < 1.29 is 22.0 Å². The number of benzene rings is 1. The zero-order valence-electron chi connectivity index (χ0n) is 12.4. The Kier molecular flexibility index (Phi) is 5.16. The number of hydrogen-bond donors (Lipinski definition) is 0. The van der Waals surface area contributed by atoms with Gasteiger partial charge in [0, 0.05) is 37.8 Å². The van der Waals surface area contributed by atoms with Crippen LogP contribution in [-0.2, 0) is 14.6 Å². The number of likely N-dealkylation sites (tertiary alicyclic amines) is 1. The van der Waals surface area contributed by atoms with Gasteiger partial charge in [0.05, 0.1) is 5.75 Å². The van der Waals surface area contributed by atoms with Crippen LogP contribution in [0.4, 0.5) is 8.78 Å². The van der Waals surface area contributed by atoms with Gasteiger partial charge in [0.15, 0.2) is 0 Å². The molecule has 7 heteroatoms. The van der Waals surface area contributed by atoms with Gasteiger partial charge in [0.25, 0.3) is 0 Å². The minimum absolute atomic E-state index is 0.108. The number of hydrogen-bond acceptors (Lipinski definition) is 3. The highest BCUT2D eigenvalue weighted by atomic mass is 32.2. The van der Waals surface area contributed by atoms with Crippen LogP contribution in [0, 0.1) is 11.6 Å². The van der Waals surface area contributed by atoms with Gasteiger partial charge < -0.3 is 4.90 Å². The average Bonchev–Trinajstić information content (AvgIpc) is 2.58. The summed E-state index contributed by atoms with van der Waals surface area (Å²) in [6.07, 6.45) is 2.66. The molecular formula is C15H19F2NO3S. The lowest BCUT2D eigenvalue weighted by Gasteiger charge is -2.25. The van der Waals surface area contributed by atoms with Gasteiger partial charge in [-0.05, 0) is 24.5 Å². The molecule has 1 unspecified atom stereocenters. The predicted octanol–water partition coefficient (Wildman–Crippen LogP) is 2.11. The molecule has 1 fully saturated rings. The van der Waals surface area contributed by atoms with Crippen LogP contribution in [-0.4, -0.2) is 44.3 Å². The molecule has 1 amide bonds. The molecule has 22 heavy (non-hydrogen) atoms. The zero-order chi connectivity index (χ0) is 16.3. The molecule has 122 valence electrons. The second-order valence-electron chi connectivity index (χ2n) is 5.72. The van der Waals surface area contributed by atoms with E-state index in [2.05, 4.69) is 0 Å². The molecule has 1 heterocycles. The molecule has 1 aromatic rings. The topological polar surface area (TPSA) is 54.5 Å². The van der Waals surface area contributed by atoms with Gasteiger partial charge in [-0.2, -0.15) is 0 Å². The van der Waals surface area contributed by atoms with Crippen molar-refractivity contribution in [2.45, 2.75) is 25.2 Å². The van der Waals surface area contributed by atoms with Gasteiger partial charge in [0.1, 0.15) is 21.5 Å². The van der Waals surface area contributed by atoms with E-state index in [1.54, 1.807) is 0 Å². The zero-order valence-corrected chi connectivity index (χ0v) is 13.2. The van der Waals surface area contributed by atoms with Crippen molar-refractivity contribution in [3.05, 3.63) is 35.4 Å². The van der Waals surface area contributed by atoms with E-state index in [0.29, 0.717) is 24.8 Å².